The van der Waals surface area contributed by atoms with E-state index >= 15 is 0 Å². The summed E-state index contributed by atoms with van der Waals surface area (Å²) in [5.74, 6) is 2.04. The van der Waals surface area contributed by atoms with Crippen LogP contribution in [-0.4, -0.2) is 22.7 Å². The SMILES string of the molecule is CCCn1ccnc1CNCCCOc1ccccc1. The Kier molecular flexibility index (Phi) is 6.11. The number of hydrogen-bond donors (Lipinski definition) is 1. The van der Waals surface area contributed by atoms with Gasteiger partial charge in [-0.3, -0.25) is 0 Å². The second-order valence-electron chi connectivity index (χ2n) is 4.73. The maximum Gasteiger partial charge on any atom is 0.122 e. The van der Waals surface area contributed by atoms with Gasteiger partial charge in [0.1, 0.15) is 11.6 Å². The monoisotopic (exact) mass is 273 g/mol. The fourth-order valence-corrected chi connectivity index (χ4v) is 2.06. The molecule has 1 N–H and O–H groups in total. The van der Waals surface area contributed by atoms with Crippen molar-refractivity contribution in [2.24, 2.45) is 0 Å². The molecule has 0 atom stereocenters. The molecule has 0 aliphatic heterocycles. The largest absolute Gasteiger partial charge is 0.494 e. The van der Waals surface area contributed by atoms with Crippen LogP contribution in [0.1, 0.15) is 25.6 Å². The molecule has 20 heavy (non-hydrogen) atoms. The highest BCUT2D eigenvalue weighted by molar-refractivity contribution is 5.20. The minimum absolute atomic E-state index is 0.737. The van der Waals surface area contributed by atoms with E-state index in [9.17, 15) is 0 Å². The van der Waals surface area contributed by atoms with Crippen molar-refractivity contribution >= 4 is 0 Å². The maximum atomic E-state index is 5.64. The molecule has 0 aliphatic carbocycles. The number of ether oxygens (including phenoxy) is 1. The summed E-state index contributed by atoms with van der Waals surface area (Å²) in [6.07, 6.45) is 6.03. The lowest BCUT2D eigenvalue weighted by Gasteiger charge is -2.08. The lowest BCUT2D eigenvalue weighted by atomic mass is 10.3. The molecule has 0 bridgehead atoms. The van der Waals surface area contributed by atoms with Gasteiger partial charge >= 0.3 is 0 Å². The van der Waals surface area contributed by atoms with Crippen LogP contribution in [-0.2, 0) is 13.1 Å². The number of nitrogens with one attached hydrogen (secondary N) is 1. The van der Waals surface area contributed by atoms with E-state index in [1.165, 1.54) is 0 Å². The first kappa shape index (κ1) is 14.6. The Hall–Kier alpha value is -1.81. The Labute approximate surface area is 120 Å². The summed E-state index contributed by atoms with van der Waals surface area (Å²) in [5.41, 5.74) is 0. The van der Waals surface area contributed by atoms with E-state index in [0.717, 1.165) is 50.7 Å². The van der Waals surface area contributed by atoms with Crippen LogP contribution in [0, 0.1) is 0 Å². The molecule has 0 spiro atoms. The number of imidazole rings is 1. The first-order valence-corrected chi connectivity index (χ1v) is 7.28. The summed E-state index contributed by atoms with van der Waals surface area (Å²) < 4.78 is 7.85. The molecule has 0 saturated heterocycles. The molecule has 1 aromatic carbocycles. The van der Waals surface area contributed by atoms with Crippen LogP contribution >= 0.6 is 0 Å². The average Bonchev–Trinajstić information content (AvgIpc) is 2.92. The van der Waals surface area contributed by atoms with Crippen molar-refractivity contribution in [1.29, 1.82) is 0 Å². The minimum atomic E-state index is 0.737. The predicted molar refractivity (Wildman–Crippen MR) is 80.8 cm³/mol. The molecular weight excluding hydrogens is 250 g/mol. The van der Waals surface area contributed by atoms with Gasteiger partial charge in [0, 0.05) is 18.9 Å². The van der Waals surface area contributed by atoms with Gasteiger partial charge in [-0.15, -0.1) is 0 Å². The number of para-hydroxylation sites is 1. The quantitative estimate of drug-likeness (QED) is 0.714. The first-order chi connectivity index (χ1) is 9.90. The highest BCUT2D eigenvalue weighted by atomic mass is 16.5. The summed E-state index contributed by atoms with van der Waals surface area (Å²) in [4.78, 5) is 4.37. The van der Waals surface area contributed by atoms with Gasteiger partial charge in [-0.05, 0) is 31.5 Å². The zero-order chi connectivity index (χ0) is 14.0. The molecular formula is C16H23N3O. The van der Waals surface area contributed by atoms with Crippen molar-refractivity contribution < 1.29 is 4.74 Å². The topological polar surface area (TPSA) is 39.1 Å². The van der Waals surface area contributed by atoms with Crippen molar-refractivity contribution in [2.75, 3.05) is 13.2 Å². The number of aryl methyl sites for hydroxylation is 1. The van der Waals surface area contributed by atoms with E-state index in [-0.39, 0.29) is 0 Å². The number of nitrogens with zero attached hydrogens (tertiary/aromatic N) is 2. The molecule has 0 unspecified atom stereocenters. The number of hydrogen-bond acceptors (Lipinski definition) is 3. The van der Waals surface area contributed by atoms with E-state index in [1.54, 1.807) is 0 Å². The Morgan fingerprint density at radius 2 is 2.10 bits per heavy atom. The van der Waals surface area contributed by atoms with Crippen LogP contribution in [0.3, 0.4) is 0 Å². The van der Waals surface area contributed by atoms with Gasteiger partial charge in [-0.25, -0.2) is 4.98 Å². The Morgan fingerprint density at radius 1 is 1.25 bits per heavy atom. The van der Waals surface area contributed by atoms with E-state index in [1.807, 2.05) is 42.7 Å². The Morgan fingerprint density at radius 3 is 2.90 bits per heavy atom. The molecule has 0 radical (unpaired) electrons. The highest BCUT2D eigenvalue weighted by Gasteiger charge is 2.00. The summed E-state index contributed by atoms with van der Waals surface area (Å²) in [6, 6.07) is 9.93. The molecule has 0 fully saturated rings. The zero-order valence-electron chi connectivity index (χ0n) is 12.1. The zero-order valence-corrected chi connectivity index (χ0v) is 12.1. The molecule has 108 valence electrons. The molecule has 1 heterocycles. The van der Waals surface area contributed by atoms with Crippen molar-refractivity contribution in [3.63, 3.8) is 0 Å². The van der Waals surface area contributed by atoms with Crippen LogP contribution in [0.25, 0.3) is 0 Å². The second-order valence-corrected chi connectivity index (χ2v) is 4.73. The third-order valence-electron chi connectivity index (χ3n) is 3.06. The number of aromatic nitrogens is 2. The molecule has 1 aromatic heterocycles. The number of rotatable bonds is 9. The summed E-state index contributed by atoms with van der Waals surface area (Å²) in [5, 5.41) is 3.41. The summed E-state index contributed by atoms with van der Waals surface area (Å²) in [6.45, 7) is 5.71. The smallest absolute Gasteiger partial charge is 0.122 e. The van der Waals surface area contributed by atoms with Crippen molar-refractivity contribution in [3.05, 3.63) is 48.5 Å². The van der Waals surface area contributed by atoms with Crippen molar-refractivity contribution in [1.82, 2.24) is 14.9 Å². The van der Waals surface area contributed by atoms with Gasteiger partial charge in [0.25, 0.3) is 0 Å². The van der Waals surface area contributed by atoms with Gasteiger partial charge < -0.3 is 14.6 Å². The molecule has 4 heteroatoms. The van der Waals surface area contributed by atoms with Crippen LogP contribution in [0.2, 0.25) is 0 Å². The molecule has 2 aromatic rings. The Bertz CT molecular complexity index is 481. The fraction of sp³-hybridized carbons (Fsp3) is 0.438. The maximum absolute atomic E-state index is 5.64. The average molecular weight is 273 g/mol. The van der Waals surface area contributed by atoms with Gasteiger partial charge in [0.15, 0.2) is 0 Å². The van der Waals surface area contributed by atoms with Crippen LogP contribution in [0.5, 0.6) is 5.75 Å². The van der Waals surface area contributed by atoms with Gasteiger partial charge in [0.05, 0.1) is 13.2 Å². The van der Waals surface area contributed by atoms with Crippen LogP contribution < -0.4 is 10.1 Å². The summed E-state index contributed by atoms with van der Waals surface area (Å²) >= 11 is 0. The van der Waals surface area contributed by atoms with E-state index in [4.69, 9.17) is 4.74 Å². The van der Waals surface area contributed by atoms with Crippen LogP contribution in [0.4, 0.5) is 0 Å². The van der Waals surface area contributed by atoms with Gasteiger partial charge in [0.2, 0.25) is 0 Å². The van der Waals surface area contributed by atoms with E-state index in [0.29, 0.717) is 0 Å². The lowest BCUT2D eigenvalue weighted by molar-refractivity contribution is 0.307. The van der Waals surface area contributed by atoms with Crippen LogP contribution in [0.15, 0.2) is 42.7 Å². The van der Waals surface area contributed by atoms with Crippen molar-refractivity contribution in [2.45, 2.75) is 32.9 Å². The highest BCUT2D eigenvalue weighted by Crippen LogP contribution is 2.08. The second kappa shape index (κ2) is 8.38. The predicted octanol–water partition coefficient (Wildman–Crippen LogP) is 2.85. The normalized spacial score (nSPS) is 10.7. The third kappa shape index (κ3) is 4.70. The molecule has 0 aliphatic rings. The third-order valence-corrected chi connectivity index (χ3v) is 3.06. The molecule has 0 amide bonds. The number of benzene rings is 1. The fourth-order valence-electron chi connectivity index (χ4n) is 2.06. The van der Waals surface area contributed by atoms with Gasteiger partial charge in [-0.1, -0.05) is 25.1 Å². The molecule has 0 saturated carbocycles. The minimum Gasteiger partial charge on any atom is -0.494 e. The van der Waals surface area contributed by atoms with E-state index in [2.05, 4.69) is 21.8 Å². The standard InChI is InChI=1S/C16H23N3O/c1-2-11-19-12-10-18-16(19)14-17-9-6-13-20-15-7-4-3-5-8-15/h3-5,7-8,10,12,17H,2,6,9,11,13-14H2,1H3. The van der Waals surface area contributed by atoms with Crippen molar-refractivity contribution in [3.8, 4) is 5.75 Å². The van der Waals surface area contributed by atoms with Gasteiger partial charge in [-0.2, -0.15) is 0 Å². The first-order valence-electron chi connectivity index (χ1n) is 7.28. The Balaban J connectivity index is 1.58. The molecule has 4 nitrogen and oxygen atoms in total. The summed E-state index contributed by atoms with van der Waals surface area (Å²) in [7, 11) is 0. The van der Waals surface area contributed by atoms with E-state index < -0.39 is 0 Å². The lowest BCUT2D eigenvalue weighted by Crippen LogP contribution is -2.19. The molecule has 2 rings (SSSR count).